The molecule has 0 aromatic rings. The van der Waals surface area contributed by atoms with E-state index in [1.807, 2.05) is 7.05 Å². The molecule has 0 aliphatic carbocycles. The van der Waals surface area contributed by atoms with Gasteiger partial charge >= 0.3 is 6.92 Å². The van der Waals surface area contributed by atoms with Gasteiger partial charge in [0.2, 0.25) is 0 Å². The van der Waals surface area contributed by atoms with Crippen molar-refractivity contribution in [2.75, 3.05) is 14.2 Å². The van der Waals surface area contributed by atoms with Crippen molar-refractivity contribution < 1.29 is 4.65 Å². The van der Waals surface area contributed by atoms with Crippen LogP contribution in [-0.4, -0.2) is 26.0 Å². The molecule has 0 amide bonds. The Labute approximate surface area is 68.6 Å². The lowest BCUT2D eigenvalue weighted by atomic mass is 9.54. The summed E-state index contributed by atoms with van der Waals surface area (Å²) in [5.41, 5.74) is 2.52. The number of nitrogens with zero attached hydrogens (tertiary/aromatic N) is 1. The molecule has 60 valence electrons. The Morgan fingerprint density at radius 3 is 2.09 bits per heavy atom. The molecule has 1 heterocycles. The van der Waals surface area contributed by atoms with Crippen molar-refractivity contribution in [3.63, 3.8) is 0 Å². The molecule has 0 atom stereocenters. The van der Waals surface area contributed by atoms with E-state index in [9.17, 15) is 0 Å². The predicted octanol–water partition coefficient (Wildman–Crippen LogP) is 1.46. The molecule has 11 heavy (non-hydrogen) atoms. The van der Waals surface area contributed by atoms with Crippen LogP contribution in [0.5, 0.6) is 0 Å². The minimum atomic E-state index is 0.186. The first-order valence-electron chi connectivity index (χ1n) is 3.76. The summed E-state index contributed by atoms with van der Waals surface area (Å²) < 4.78 is 5.30. The molecule has 1 aliphatic heterocycles. The molecule has 0 saturated heterocycles. The molecule has 1 aliphatic rings. The van der Waals surface area contributed by atoms with Crippen LogP contribution in [0.4, 0.5) is 0 Å². The van der Waals surface area contributed by atoms with E-state index >= 15 is 0 Å². The quantitative estimate of drug-likeness (QED) is 0.526. The lowest BCUT2D eigenvalue weighted by Crippen LogP contribution is -2.27. The van der Waals surface area contributed by atoms with Crippen molar-refractivity contribution in [3.05, 3.63) is 23.3 Å². The van der Waals surface area contributed by atoms with E-state index in [2.05, 4.69) is 31.1 Å². The molecule has 0 bridgehead atoms. The van der Waals surface area contributed by atoms with Gasteiger partial charge < -0.3 is 9.55 Å². The fraction of sp³-hybridized carbons (Fsp3) is 0.500. The third-order valence-electron chi connectivity index (χ3n) is 1.88. The van der Waals surface area contributed by atoms with Crippen molar-refractivity contribution in [2.24, 2.45) is 0 Å². The zero-order valence-corrected chi connectivity index (χ0v) is 7.59. The Balaban J connectivity index is 2.82. The Hall–Kier alpha value is -0.695. The van der Waals surface area contributed by atoms with Crippen molar-refractivity contribution in [2.45, 2.75) is 13.8 Å². The molecule has 0 radical (unpaired) electrons. The first kappa shape index (κ1) is 8.40. The lowest BCUT2D eigenvalue weighted by Gasteiger charge is -2.22. The van der Waals surface area contributed by atoms with Gasteiger partial charge in [-0.05, 0) is 26.2 Å². The van der Waals surface area contributed by atoms with Crippen LogP contribution >= 0.6 is 0 Å². The average molecular weight is 151 g/mol. The Kier molecular flexibility index (Phi) is 2.40. The van der Waals surface area contributed by atoms with E-state index in [1.54, 1.807) is 7.11 Å². The smallest absolute Gasteiger partial charge is 0.355 e. The molecule has 0 spiro atoms. The van der Waals surface area contributed by atoms with Gasteiger partial charge in [-0.15, -0.1) is 0 Å². The van der Waals surface area contributed by atoms with Crippen LogP contribution in [0.15, 0.2) is 23.3 Å². The van der Waals surface area contributed by atoms with E-state index < -0.39 is 0 Å². The number of rotatable bonds is 1. The van der Waals surface area contributed by atoms with Gasteiger partial charge in [0.15, 0.2) is 0 Å². The monoisotopic (exact) mass is 151 g/mol. The van der Waals surface area contributed by atoms with Gasteiger partial charge in [0.25, 0.3) is 0 Å². The summed E-state index contributed by atoms with van der Waals surface area (Å²) in [5, 5.41) is 0. The van der Waals surface area contributed by atoms with E-state index in [1.165, 1.54) is 10.9 Å². The molecule has 0 N–H and O–H groups in total. The second-order valence-electron chi connectivity index (χ2n) is 3.03. The van der Waals surface area contributed by atoms with E-state index in [4.69, 9.17) is 4.65 Å². The van der Waals surface area contributed by atoms with E-state index in [0.29, 0.717) is 0 Å². The van der Waals surface area contributed by atoms with Crippen LogP contribution < -0.4 is 0 Å². The summed E-state index contributed by atoms with van der Waals surface area (Å²) in [7, 11) is 3.77. The topological polar surface area (TPSA) is 12.5 Å². The first-order chi connectivity index (χ1) is 5.15. The van der Waals surface area contributed by atoms with Crippen LogP contribution in [0, 0.1) is 0 Å². The molecule has 2 nitrogen and oxygen atoms in total. The number of hydrogen-bond acceptors (Lipinski definition) is 2. The lowest BCUT2D eigenvalue weighted by molar-refractivity contribution is 0.427. The van der Waals surface area contributed by atoms with Gasteiger partial charge in [0.05, 0.1) is 0 Å². The highest BCUT2D eigenvalue weighted by Crippen LogP contribution is 2.16. The van der Waals surface area contributed by atoms with Crippen LogP contribution in [-0.2, 0) is 4.65 Å². The van der Waals surface area contributed by atoms with Crippen LogP contribution in [0.25, 0.3) is 0 Å². The van der Waals surface area contributed by atoms with E-state index in [-0.39, 0.29) is 6.92 Å². The largest absolute Gasteiger partial charge is 0.430 e. The summed E-state index contributed by atoms with van der Waals surface area (Å²) in [6.07, 6.45) is 4.17. The molecule has 0 unspecified atom stereocenters. The maximum atomic E-state index is 5.30. The zero-order valence-electron chi connectivity index (χ0n) is 7.59. The average Bonchev–Trinajstić information content (AvgIpc) is 1.85. The van der Waals surface area contributed by atoms with Gasteiger partial charge in [-0.1, -0.05) is 10.9 Å². The molecule has 1 rings (SSSR count). The van der Waals surface area contributed by atoms with Crippen molar-refractivity contribution in [3.8, 4) is 0 Å². The highest BCUT2D eigenvalue weighted by molar-refractivity contribution is 6.67. The van der Waals surface area contributed by atoms with Crippen LogP contribution in [0.2, 0.25) is 0 Å². The van der Waals surface area contributed by atoms with Crippen LogP contribution in [0.1, 0.15) is 13.8 Å². The van der Waals surface area contributed by atoms with Crippen molar-refractivity contribution in [1.82, 2.24) is 4.90 Å². The SMILES string of the molecule is COB1C(C)=CN(C)C=C1C. The number of allylic oxidation sites excluding steroid dienone is 2. The maximum absolute atomic E-state index is 5.30. The molecule has 0 fully saturated rings. The summed E-state index contributed by atoms with van der Waals surface area (Å²) in [4.78, 5) is 2.06. The summed E-state index contributed by atoms with van der Waals surface area (Å²) in [5.74, 6) is 0. The normalized spacial score (nSPS) is 18.2. The fourth-order valence-corrected chi connectivity index (χ4v) is 1.55. The van der Waals surface area contributed by atoms with Gasteiger partial charge in [0, 0.05) is 14.2 Å². The minimum absolute atomic E-state index is 0.186. The summed E-state index contributed by atoms with van der Waals surface area (Å²) in [6, 6.07) is 0. The molecular formula is C8H14BNO. The highest BCUT2D eigenvalue weighted by atomic mass is 16.4. The second-order valence-corrected chi connectivity index (χ2v) is 3.03. The predicted molar refractivity (Wildman–Crippen MR) is 48.0 cm³/mol. The standard InChI is InChI=1S/C8H14BNO/c1-7-5-10(3)6-8(2)9(7)11-4/h5-6H,1-4H3. The van der Waals surface area contributed by atoms with E-state index in [0.717, 1.165) is 0 Å². The third-order valence-corrected chi connectivity index (χ3v) is 1.88. The first-order valence-corrected chi connectivity index (χ1v) is 3.76. The van der Waals surface area contributed by atoms with Gasteiger partial charge in [-0.3, -0.25) is 0 Å². The molecular weight excluding hydrogens is 137 g/mol. The molecule has 0 aromatic heterocycles. The molecule has 3 heteroatoms. The minimum Gasteiger partial charge on any atom is -0.430 e. The summed E-state index contributed by atoms with van der Waals surface area (Å²) in [6.45, 7) is 4.36. The third kappa shape index (κ3) is 1.66. The Bertz CT molecular complexity index is 190. The number of hydrogen-bond donors (Lipinski definition) is 0. The highest BCUT2D eigenvalue weighted by Gasteiger charge is 2.22. The van der Waals surface area contributed by atoms with Crippen LogP contribution in [0.3, 0.4) is 0 Å². The van der Waals surface area contributed by atoms with Gasteiger partial charge in [-0.2, -0.15) is 0 Å². The molecule has 0 aromatic carbocycles. The Morgan fingerprint density at radius 1 is 1.27 bits per heavy atom. The Morgan fingerprint density at radius 2 is 1.73 bits per heavy atom. The second kappa shape index (κ2) is 3.14. The summed E-state index contributed by atoms with van der Waals surface area (Å²) >= 11 is 0. The van der Waals surface area contributed by atoms with Gasteiger partial charge in [0.1, 0.15) is 0 Å². The maximum Gasteiger partial charge on any atom is 0.355 e. The fourth-order valence-electron chi connectivity index (χ4n) is 1.55. The van der Waals surface area contributed by atoms with Crippen molar-refractivity contribution in [1.29, 1.82) is 0 Å². The van der Waals surface area contributed by atoms with Crippen molar-refractivity contribution >= 4 is 6.92 Å². The zero-order chi connectivity index (χ0) is 8.43. The van der Waals surface area contributed by atoms with Gasteiger partial charge in [-0.25, -0.2) is 0 Å². The molecule has 0 saturated carbocycles.